The van der Waals surface area contributed by atoms with Crippen LogP contribution >= 0.6 is 0 Å². The standard InChI is InChI=1S/C12H18.C9H8O4/c1-4-5-11-6-8-12(9-7-11)10(2)3;1-5-6(8(10)11)3-2-4-7(5)9(12)13/h6-10H,4-5H2,1-3H3;2-4H,1H3,(H,10,11)(H,12,13). The van der Waals surface area contributed by atoms with Gasteiger partial charge in [0, 0.05) is 0 Å². The van der Waals surface area contributed by atoms with Crippen LogP contribution in [0, 0.1) is 6.92 Å². The molecule has 2 aromatic carbocycles. The molecule has 0 aliphatic heterocycles. The summed E-state index contributed by atoms with van der Waals surface area (Å²) in [5.41, 5.74) is 3.24. The van der Waals surface area contributed by atoms with Crippen LogP contribution in [-0.4, -0.2) is 22.2 Å². The van der Waals surface area contributed by atoms with Crippen molar-refractivity contribution in [1.29, 1.82) is 0 Å². The van der Waals surface area contributed by atoms with Crippen LogP contribution in [0.4, 0.5) is 0 Å². The Labute approximate surface area is 149 Å². The molecule has 4 heteroatoms. The van der Waals surface area contributed by atoms with Crippen molar-refractivity contribution in [3.63, 3.8) is 0 Å². The van der Waals surface area contributed by atoms with E-state index in [0.717, 1.165) is 0 Å². The van der Waals surface area contributed by atoms with Gasteiger partial charge in [-0.25, -0.2) is 9.59 Å². The van der Waals surface area contributed by atoms with Gasteiger partial charge in [-0.1, -0.05) is 57.5 Å². The Morgan fingerprint density at radius 2 is 1.40 bits per heavy atom. The van der Waals surface area contributed by atoms with Crippen molar-refractivity contribution in [2.75, 3.05) is 0 Å². The summed E-state index contributed by atoms with van der Waals surface area (Å²) in [6.07, 6.45) is 2.44. The largest absolute Gasteiger partial charge is 0.478 e. The minimum absolute atomic E-state index is 0.0277. The molecule has 0 aliphatic rings. The van der Waals surface area contributed by atoms with E-state index in [9.17, 15) is 9.59 Å². The lowest BCUT2D eigenvalue weighted by atomic mass is 10.0. The van der Waals surface area contributed by atoms with E-state index in [0.29, 0.717) is 5.92 Å². The number of aryl methyl sites for hydroxylation is 1. The number of hydrogen-bond donors (Lipinski definition) is 2. The Bertz CT molecular complexity index is 683. The average molecular weight is 342 g/mol. The number of benzene rings is 2. The van der Waals surface area contributed by atoms with E-state index in [1.807, 2.05) is 0 Å². The number of rotatable bonds is 5. The van der Waals surface area contributed by atoms with Gasteiger partial charge in [-0.15, -0.1) is 0 Å². The Morgan fingerprint density at radius 1 is 0.920 bits per heavy atom. The molecule has 0 radical (unpaired) electrons. The van der Waals surface area contributed by atoms with Gasteiger partial charge in [-0.05, 0) is 48.1 Å². The van der Waals surface area contributed by atoms with Crippen LogP contribution in [0.2, 0.25) is 0 Å². The van der Waals surface area contributed by atoms with Crippen molar-refractivity contribution in [2.45, 2.75) is 46.5 Å². The van der Waals surface area contributed by atoms with E-state index in [1.165, 1.54) is 49.1 Å². The van der Waals surface area contributed by atoms with Gasteiger partial charge in [0.1, 0.15) is 0 Å². The summed E-state index contributed by atoms with van der Waals surface area (Å²) in [6, 6.07) is 13.2. The van der Waals surface area contributed by atoms with Crippen molar-refractivity contribution in [2.24, 2.45) is 0 Å². The second-order valence-corrected chi connectivity index (χ2v) is 6.23. The number of aromatic carboxylic acids is 2. The molecule has 0 heterocycles. The number of carbonyl (C=O) groups is 2. The Kier molecular flexibility index (Phi) is 7.86. The molecule has 4 nitrogen and oxygen atoms in total. The molecule has 2 aromatic rings. The third-order valence-corrected chi connectivity index (χ3v) is 3.98. The van der Waals surface area contributed by atoms with Crippen LogP contribution in [0.25, 0.3) is 0 Å². The first kappa shape index (κ1) is 20.4. The monoisotopic (exact) mass is 342 g/mol. The van der Waals surface area contributed by atoms with Gasteiger partial charge in [0.25, 0.3) is 0 Å². The quantitative estimate of drug-likeness (QED) is 0.787. The molecular formula is C21H26O4. The van der Waals surface area contributed by atoms with Crippen molar-refractivity contribution in [3.05, 3.63) is 70.3 Å². The molecule has 2 rings (SSSR count). The first-order valence-corrected chi connectivity index (χ1v) is 8.42. The van der Waals surface area contributed by atoms with Crippen molar-refractivity contribution in [1.82, 2.24) is 0 Å². The minimum atomic E-state index is -1.11. The maximum Gasteiger partial charge on any atom is 0.335 e. The topological polar surface area (TPSA) is 74.6 Å². The molecule has 0 aromatic heterocycles. The summed E-state index contributed by atoms with van der Waals surface area (Å²) in [5, 5.41) is 17.4. The zero-order valence-corrected chi connectivity index (χ0v) is 15.2. The molecule has 0 bridgehead atoms. The van der Waals surface area contributed by atoms with Gasteiger partial charge in [0.2, 0.25) is 0 Å². The molecule has 0 saturated heterocycles. The maximum absolute atomic E-state index is 10.6. The third kappa shape index (κ3) is 6.07. The first-order chi connectivity index (χ1) is 11.8. The second kappa shape index (κ2) is 9.62. The van der Waals surface area contributed by atoms with E-state index in [1.54, 1.807) is 0 Å². The maximum atomic E-state index is 10.6. The van der Waals surface area contributed by atoms with Crippen LogP contribution in [0.1, 0.15) is 70.5 Å². The molecule has 0 saturated carbocycles. The van der Waals surface area contributed by atoms with Gasteiger partial charge in [-0.2, -0.15) is 0 Å². The van der Waals surface area contributed by atoms with Crippen LogP contribution in [0.3, 0.4) is 0 Å². The fraction of sp³-hybridized carbons (Fsp3) is 0.333. The summed E-state index contributed by atoms with van der Waals surface area (Å²) in [4.78, 5) is 21.2. The fourth-order valence-corrected chi connectivity index (χ4v) is 2.46. The summed E-state index contributed by atoms with van der Waals surface area (Å²) in [7, 11) is 0. The molecule has 0 spiro atoms. The predicted octanol–water partition coefficient (Wildman–Crippen LogP) is 5.15. The average Bonchev–Trinajstić information content (AvgIpc) is 2.56. The zero-order chi connectivity index (χ0) is 19.0. The highest BCUT2D eigenvalue weighted by Gasteiger charge is 2.13. The lowest BCUT2D eigenvalue weighted by Crippen LogP contribution is -2.06. The SMILES string of the molecule is CCCc1ccc(C(C)C)cc1.Cc1c(C(=O)O)cccc1C(=O)O. The molecule has 134 valence electrons. The molecule has 0 fully saturated rings. The van der Waals surface area contributed by atoms with E-state index >= 15 is 0 Å². The zero-order valence-electron chi connectivity index (χ0n) is 15.2. The minimum Gasteiger partial charge on any atom is -0.478 e. The molecule has 0 atom stereocenters. The lowest BCUT2D eigenvalue weighted by molar-refractivity contribution is 0.0696. The first-order valence-electron chi connectivity index (χ1n) is 8.42. The van der Waals surface area contributed by atoms with E-state index in [-0.39, 0.29) is 16.7 Å². The Hall–Kier alpha value is -2.62. The van der Waals surface area contributed by atoms with E-state index < -0.39 is 11.9 Å². The van der Waals surface area contributed by atoms with E-state index in [4.69, 9.17) is 10.2 Å². The smallest absolute Gasteiger partial charge is 0.335 e. The molecule has 0 unspecified atom stereocenters. The summed E-state index contributed by atoms with van der Waals surface area (Å²) in [6.45, 7) is 8.16. The van der Waals surface area contributed by atoms with Crippen molar-refractivity contribution in [3.8, 4) is 0 Å². The van der Waals surface area contributed by atoms with Gasteiger partial charge in [0.05, 0.1) is 11.1 Å². The summed E-state index contributed by atoms with van der Waals surface area (Å²) >= 11 is 0. The molecule has 2 N–H and O–H groups in total. The Balaban J connectivity index is 0.000000251. The van der Waals surface area contributed by atoms with E-state index in [2.05, 4.69) is 45.0 Å². The van der Waals surface area contributed by atoms with Crippen LogP contribution < -0.4 is 0 Å². The molecular weight excluding hydrogens is 316 g/mol. The molecule has 0 aliphatic carbocycles. The highest BCUT2D eigenvalue weighted by Crippen LogP contribution is 2.15. The van der Waals surface area contributed by atoms with Crippen LogP contribution in [0.15, 0.2) is 42.5 Å². The van der Waals surface area contributed by atoms with Gasteiger partial charge in [-0.3, -0.25) is 0 Å². The number of hydrogen-bond acceptors (Lipinski definition) is 2. The van der Waals surface area contributed by atoms with Gasteiger partial charge >= 0.3 is 11.9 Å². The van der Waals surface area contributed by atoms with Gasteiger partial charge < -0.3 is 10.2 Å². The van der Waals surface area contributed by atoms with Crippen molar-refractivity contribution < 1.29 is 19.8 Å². The number of carboxylic acid groups (broad SMARTS) is 2. The summed E-state index contributed by atoms with van der Waals surface area (Å²) in [5.74, 6) is -1.57. The second-order valence-electron chi connectivity index (χ2n) is 6.23. The fourth-order valence-electron chi connectivity index (χ4n) is 2.46. The van der Waals surface area contributed by atoms with Crippen molar-refractivity contribution >= 4 is 11.9 Å². The normalized spacial score (nSPS) is 10.1. The third-order valence-electron chi connectivity index (χ3n) is 3.98. The lowest BCUT2D eigenvalue weighted by Gasteiger charge is -2.05. The highest BCUT2D eigenvalue weighted by atomic mass is 16.4. The van der Waals surface area contributed by atoms with Crippen LogP contribution in [0.5, 0.6) is 0 Å². The van der Waals surface area contributed by atoms with Gasteiger partial charge in [0.15, 0.2) is 0 Å². The van der Waals surface area contributed by atoms with Crippen LogP contribution in [-0.2, 0) is 6.42 Å². The number of carboxylic acids is 2. The highest BCUT2D eigenvalue weighted by molar-refractivity contribution is 5.96. The predicted molar refractivity (Wildman–Crippen MR) is 99.6 cm³/mol. The molecule has 25 heavy (non-hydrogen) atoms. The molecule has 0 amide bonds. The Morgan fingerprint density at radius 3 is 1.76 bits per heavy atom. The summed E-state index contributed by atoms with van der Waals surface area (Å²) < 4.78 is 0.